The van der Waals surface area contributed by atoms with Gasteiger partial charge in [-0.2, -0.15) is 0 Å². The Morgan fingerprint density at radius 1 is 1.04 bits per heavy atom. The zero-order valence-electron chi connectivity index (χ0n) is 14.1. The van der Waals surface area contributed by atoms with Crippen molar-refractivity contribution in [2.75, 3.05) is 4.90 Å². The second kappa shape index (κ2) is 7.23. The standard InChI is InChI=1S/C21H16N2OS2/c1-15-7-2-4-10-18(15)23(20(24)13-12-16-8-6-14-25-16)21-22-17-9-3-5-11-19(17)26-21/h2-14H,1H3. The van der Waals surface area contributed by atoms with E-state index >= 15 is 0 Å². The van der Waals surface area contributed by atoms with Crippen LogP contribution in [-0.2, 0) is 4.79 Å². The molecule has 0 bridgehead atoms. The fourth-order valence-electron chi connectivity index (χ4n) is 2.70. The van der Waals surface area contributed by atoms with Crippen molar-refractivity contribution >= 4 is 55.7 Å². The molecule has 5 heteroatoms. The Labute approximate surface area is 159 Å². The molecule has 2 aromatic heterocycles. The molecule has 0 spiro atoms. The largest absolute Gasteiger partial charge is 0.269 e. The van der Waals surface area contributed by atoms with Crippen LogP contribution in [-0.4, -0.2) is 10.9 Å². The van der Waals surface area contributed by atoms with Crippen LogP contribution in [0.1, 0.15) is 10.4 Å². The van der Waals surface area contributed by atoms with Gasteiger partial charge in [-0.3, -0.25) is 9.69 Å². The number of nitrogens with zero attached hydrogens (tertiary/aromatic N) is 2. The van der Waals surface area contributed by atoms with Gasteiger partial charge in [0, 0.05) is 11.0 Å². The summed E-state index contributed by atoms with van der Waals surface area (Å²) in [6, 6.07) is 19.8. The minimum absolute atomic E-state index is 0.105. The van der Waals surface area contributed by atoms with E-state index in [2.05, 4.69) is 4.98 Å². The molecule has 1 amide bonds. The van der Waals surface area contributed by atoms with Crippen LogP contribution in [0.25, 0.3) is 16.3 Å². The van der Waals surface area contributed by atoms with Crippen molar-refractivity contribution in [1.29, 1.82) is 0 Å². The van der Waals surface area contributed by atoms with E-state index in [-0.39, 0.29) is 5.91 Å². The van der Waals surface area contributed by atoms with Crippen molar-refractivity contribution in [3.63, 3.8) is 0 Å². The Hall–Kier alpha value is -2.76. The molecule has 26 heavy (non-hydrogen) atoms. The van der Waals surface area contributed by atoms with E-state index in [1.54, 1.807) is 22.3 Å². The van der Waals surface area contributed by atoms with E-state index < -0.39 is 0 Å². The van der Waals surface area contributed by atoms with Crippen molar-refractivity contribution in [2.45, 2.75) is 6.92 Å². The Morgan fingerprint density at radius 2 is 1.85 bits per heavy atom. The zero-order valence-corrected chi connectivity index (χ0v) is 15.8. The average Bonchev–Trinajstić information content (AvgIpc) is 3.31. The normalized spacial score (nSPS) is 11.3. The second-order valence-electron chi connectivity index (χ2n) is 5.77. The number of hydrogen-bond acceptors (Lipinski definition) is 4. The highest BCUT2D eigenvalue weighted by Gasteiger charge is 2.21. The van der Waals surface area contributed by atoms with E-state index in [9.17, 15) is 4.79 Å². The van der Waals surface area contributed by atoms with Crippen LogP contribution in [0, 0.1) is 6.92 Å². The molecule has 0 saturated heterocycles. The zero-order chi connectivity index (χ0) is 17.9. The summed E-state index contributed by atoms with van der Waals surface area (Å²) in [5.74, 6) is -0.105. The molecule has 0 aliphatic heterocycles. The lowest BCUT2D eigenvalue weighted by Gasteiger charge is -2.20. The minimum atomic E-state index is -0.105. The van der Waals surface area contributed by atoms with Gasteiger partial charge in [0.2, 0.25) is 0 Å². The third-order valence-electron chi connectivity index (χ3n) is 3.98. The highest BCUT2D eigenvalue weighted by Crippen LogP contribution is 2.35. The summed E-state index contributed by atoms with van der Waals surface area (Å²) in [4.78, 5) is 20.5. The van der Waals surface area contributed by atoms with Gasteiger partial charge in [-0.15, -0.1) is 11.3 Å². The number of anilines is 2. The monoisotopic (exact) mass is 376 g/mol. The van der Waals surface area contributed by atoms with Crippen molar-refractivity contribution < 1.29 is 4.79 Å². The molecule has 4 rings (SSSR count). The molecule has 0 atom stereocenters. The van der Waals surface area contributed by atoms with Crippen molar-refractivity contribution in [3.05, 3.63) is 82.6 Å². The first-order chi connectivity index (χ1) is 12.7. The number of amides is 1. The molecule has 3 nitrogen and oxygen atoms in total. The molecule has 0 N–H and O–H groups in total. The molecule has 0 aliphatic rings. The number of aryl methyl sites for hydroxylation is 1. The molecule has 0 radical (unpaired) electrons. The Bertz CT molecular complexity index is 1050. The number of rotatable bonds is 4. The van der Waals surface area contributed by atoms with E-state index in [1.165, 1.54) is 11.3 Å². The van der Waals surface area contributed by atoms with Gasteiger partial charge in [-0.25, -0.2) is 4.98 Å². The van der Waals surface area contributed by atoms with Crippen LogP contribution in [0.4, 0.5) is 10.8 Å². The maximum atomic E-state index is 13.1. The van der Waals surface area contributed by atoms with E-state index in [1.807, 2.05) is 79.0 Å². The SMILES string of the molecule is Cc1ccccc1N(C(=O)C=Cc1cccs1)c1nc2ccccc2s1. The first-order valence-electron chi connectivity index (χ1n) is 8.19. The summed E-state index contributed by atoms with van der Waals surface area (Å²) in [6.45, 7) is 2.01. The molecule has 0 fully saturated rings. The maximum Gasteiger partial charge on any atom is 0.257 e. The number of para-hydroxylation sites is 2. The van der Waals surface area contributed by atoms with Crippen molar-refractivity contribution in [1.82, 2.24) is 4.98 Å². The predicted molar refractivity (Wildman–Crippen MR) is 111 cm³/mol. The van der Waals surface area contributed by atoms with Crippen molar-refractivity contribution in [3.8, 4) is 0 Å². The summed E-state index contributed by atoms with van der Waals surface area (Å²) in [5, 5.41) is 2.68. The van der Waals surface area contributed by atoms with E-state index in [0.717, 1.165) is 26.3 Å². The van der Waals surface area contributed by atoms with Crippen molar-refractivity contribution in [2.24, 2.45) is 0 Å². The summed E-state index contributed by atoms with van der Waals surface area (Å²) in [5.41, 5.74) is 2.79. The van der Waals surface area contributed by atoms with Gasteiger partial charge >= 0.3 is 0 Å². The highest BCUT2D eigenvalue weighted by atomic mass is 32.1. The molecular formula is C21H16N2OS2. The average molecular weight is 377 g/mol. The lowest BCUT2D eigenvalue weighted by molar-refractivity contribution is -0.113. The van der Waals surface area contributed by atoms with Crippen LogP contribution in [0.5, 0.6) is 0 Å². The molecule has 2 aromatic carbocycles. The third-order valence-corrected chi connectivity index (χ3v) is 5.84. The number of thiophene rings is 1. The number of benzene rings is 2. The molecule has 0 aliphatic carbocycles. The molecular weight excluding hydrogens is 360 g/mol. The number of thiazole rings is 1. The van der Waals surface area contributed by atoms with Gasteiger partial charge in [0.15, 0.2) is 5.13 Å². The number of aromatic nitrogens is 1. The highest BCUT2D eigenvalue weighted by molar-refractivity contribution is 7.22. The number of hydrogen-bond donors (Lipinski definition) is 0. The van der Waals surface area contributed by atoms with Crippen LogP contribution >= 0.6 is 22.7 Å². The topological polar surface area (TPSA) is 33.2 Å². The lowest BCUT2D eigenvalue weighted by Crippen LogP contribution is -2.24. The molecule has 2 heterocycles. The number of fused-ring (bicyclic) bond motifs is 1. The summed E-state index contributed by atoms with van der Waals surface area (Å²) in [7, 11) is 0. The van der Waals surface area contributed by atoms with Gasteiger partial charge in [0.25, 0.3) is 5.91 Å². The van der Waals surface area contributed by atoms with Gasteiger partial charge in [0.1, 0.15) is 0 Å². The van der Waals surface area contributed by atoms with Gasteiger partial charge < -0.3 is 0 Å². The molecule has 128 valence electrons. The summed E-state index contributed by atoms with van der Waals surface area (Å²) < 4.78 is 1.07. The first-order valence-corrected chi connectivity index (χ1v) is 9.89. The maximum absolute atomic E-state index is 13.1. The van der Waals surface area contributed by atoms with Gasteiger partial charge in [-0.1, -0.05) is 47.7 Å². The lowest BCUT2D eigenvalue weighted by atomic mass is 10.2. The predicted octanol–water partition coefficient (Wildman–Crippen LogP) is 6.04. The van der Waals surface area contributed by atoms with Crippen LogP contribution in [0.2, 0.25) is 0 Å². The Morgan fingerprint density at radius 3 is 2.62 bits per heavy atom. The van der Waals surface area contributed by atoms with Crippen LogP contribution in [0.15, 0.2) is 72.1 Å². The van der Waals surface area contributed by atoms with Crippen LogP contribution < -0.4 is 4.90 Å². The Balaban J connectivity index is 1.79. The van der Waals surface area contributed by atoms with E-state index in [4.69, 9.17) is 0 Å². The third kappa shape index (κ3) is 3.31. The summed E-state index contributed by atoms with van der Waals surface area (Å²) >= 11 is 3.13. The van der Waals surface area contributed by atoms with Gasteiger partial charge in [0.05, 0.1) is 15.9 Å². The van der Waals surface area contributed by atoms with Gasteiger partial charge in [-0.05, 0) is 48.2 Å². The first kappa shape index (κ1) is 16.7. The molecule has 4 aromatic rings. The van der Waals surface area contributed by atoms with E-state index in [0.29, 0.717) is 5.13 Å². The number of carbonyl (C=O) groups excluding carboxylic acids is 1. The molecule has 0 saturated carbocycles. The number of carbonyl (C=O) groups is 1. The van der Waals surface area contributed by atoms with Crippen LogP contribution in [0.3, 0.4) is 0 Å². The second-order valence-corrected chi connectivity index (χ2v) is 7.76. The molecule has 0 unspecified atom stereocenters. The minimum Gasteiger partial charge on any atom is -0.269 e. The Kier molecular flexibility index (Phi) is 4.65. The fraction of sp³-hybridized carbons (Fsp3) is 0.0476. The smallest absolute Gasteiger partial charge is 0.257 e. The quantitative estimate of drug-likeness (QED) is 0.407. The summed E-state index contributed by atoms with van der Waals surface area (Å²) in [6.07, 6.45) is 3.47. The fourth-order valence-corrected chi connectivity index (χ4v) is 4.30.